The average Bonchev–Trinajstić information content (AvgIpc) is 3.71. The molecule has 0 radical (unpaired) electrons. The fourth-order valence-corrected chi connectivity index (χ4v) is 9.18. The lowest BCUT2D eigenvalue weighted by Crippen LogP contribution is -2.78. The largest absolute Gasteiger partial charge is 0.493 e. The van der Waals surface area contributed by atoms with Crippen LogP contribution < -0.4 is 9.47 Å². The molecule has 5 aliphatic carbocycles. The van der Waals surface area contributed by atoms with Crippen LogP contribution in [0, 0.1) is 11.3 Å². The summed E-state index contributed by atoms with van der Waals surface area (Å²) in [5.74, 6) is 2.45. The van der Waals surface area contributed by atoms with Crippen molar-refractivity contribution < 1.29 is 19.0 Å². The van der Waals surface area contributed by atoms with Gasteiger partial charge in [-0.3, -0.25) is 9.69 Å². The van der Waals surface area contributed by atoms with Gasteiger partial charge in [-0.2, -0.15) is 10.2 Å². The van der Waals surface area contributed by atoms with Crippen LogP contribution in [0.4, 0.5) is 0 Å². The lowest BCUT2D eigenvalue weighted by Gasteiger charge is -2.70. The Hall–Kier alpha value is -2.97. The lowest BCUT2D eigenvalue weighted by molar-refractivity contribution is -0.198. The number of rotatable bonds is 7. The molecular weight excluding hydrogens is 492 g/mol. The molecule has 7 aliphatic rings. The molecule has 2 aromatic rings. The molecule has 204 valence electrons. The van der Waals surface area contributed by atoms with Gasteiger partial charge >= 0.3 is 0 Å². The highest BCUT2D eigenvalue weighted by Crippen LogP contribution is 2.75. The fraction of sp³-hybridized carbons (Fsp3) is 0.581. The van der Waals surface area contributed by atoms with Gasteiger partial charge in [-0.05, 0) is 74.8 Å². The van der Waals surface area contributed by atoms with Crippen molar-refractivity contribution >= 4 is 5.91 Å². The minimum Gasteiger partial charge on any atom is -0.493 e. The number of fused-ring (bicyclic) bond motifs is 1. The van der Waals surface area contributed by atoms with E-state index in [4.69, 9.17) is 14.2 Å². The molecule has 5 atom stereocenters. The molecule has 2 aliphatic heterocycles. The van der Waals surface area contributed by atoms with E-state index in [9.17, 15) is 4.79 Å². The Bertz CT molecular complexity index is 1390. The molecule has 8 nitrogen and oxygen atoms in total. The highest BCUT2D eigenvalue weighted by Gasteiger charge is 2.79. The van der Waals surface area contributed by atoms with Gasteiger partial charge in [-0.15, -0.1) is 0 Å². The Labute approximate surface area is 229 Å². The van der Waals surface area contributed by atoms with Crippen LogP contribution in [0.3, 0.4) is 0 Å². The molecule has 0 unspecified atom stereocenters. The Kier molecular flexibility index (Phi) is 4.92. The van der Waals surface area contributed by atoms with Crippen LogP contribution in [0.1, 0.15) is 48.9 Å². The number of piperidine rings is 1. The maximum atomic E-state index is 14.3. The van der Waals surface area contributed by atoms with E-state index in [1.807, 2.05) is 19.2 Å². The van der Waals surface area contributed by atoms with Gasteiger partial charge in [0.2, 0.25) is 0 Å². The van der Waals surface area contributed by atoms with Crippen LogP contribution in [-0.2, 0) is 27.9 Å². The topological polar surface area (TPSA) is 77.0 Å². The van der Waals surface area contributed by atoms with E-state index in [2.05, 4.69) is 33.3 Å². The summed E-state index contributed by atoms with van der Waals surface area (Å²) < 4.78 is 19.4. The van der Waals surface area contributed by atoms with Gasteiger partial charge in [0.05, 0.1) is 24.8 Å². The molecule has 3 fully saturated rings. The van der Waals surface area contributed by atoms with Crippen molar-refractivity contribution in [3.8, 4) is 11.5 Å². The van der Waals surface area contributed by atoms with Crippen LogP contribution in [0.5, 0.6) is 11.5 Å². The molecule has 39 heavy (non-hydrogen) atoms. The van der Waals surface area contributed by atoms with Gasteiger partial charge in [0.25, 0.3) is 5.91 Å². The first-order valence-corrected chi connectivity index (χ1v) is 14.4. The minimum absolute atomic E-state index is 0.0134. The number of likely N-dealkylation sites (tertiary alicyclic amines) is 1. The summed E-state index contributed by atoms with van der Waals surface area (Å²) in [7, 11) is 5.32. The van der Waals surface area contributed by atoms with Crippen molar-refractivity contribution in [2.45, 2.75) is 68.2 Å². The standard InChI is InChI=1S/C31H36N4O4/c1-34(18-21-5-4-13-32-33-21)27(36)22-16-29-10-11-31(22,38-3)28-30(29)12-14-35(17-19-6-7-19)24(29)15-20-8-9-23(37-2)26(39-28)25(20)30/h4-5,8-9,13,16,19,24,28H,6-7,10-12,14-15,17-18H2,1-3H3/t24-,28-,29-,30+,31-/m1/s1. The number of carbonyl (C=O) groups is 1. The molecule has 4 bridgehead atoms. The van der Waals surface area contributed by atoms with E-state index < -0.39 is 5.60 Å². The van der Waals surface area contributed by atoms with Gasteiger partial charge in [0, 0.05) is 49.5 Å². The smallest absolute Gasteiger partial charge is 0.252 e. The van der Waals surface area contributed by atoms with Crippen LogP contribution in [0.2, 0.25) is 0 Å². The number of hydrogen-bond acceptors (Lipinski definition) is 7. The number of ether oxygens (including phenoxy) is 3. The minimum atomic E-state index is -0.822. The molecule has 2 spiro atoms. The normalized spacial score (nSPS) is 35.2. The fourth-order valence-electron chi connectivity index (χ4n) is 9.18. The molecule has 3 heterocycles. The molecule has 2 saturated carbocycles. The number of likely N-dealkylation sites (N-methyl/N-ethyl adjacent to an activating group) is 1. The quantitative estimate of drug-likeness (QED) is 0.546. The van der Waals surface area contributed by atoms with E-state index in [1.165, 1.54) is 24.0 Å². The summed E-state index contributed by atoms with van der Waals surface area (Å²) in [5.41, 5.74) is 2.98. The maximum Gasteiger partial charge on any atom is 0.252 e. The number of methoxy groups -OCH3 is 2. The number of carbonyl (C=O) groups excluding carboxylic acids is 1. The highest BCUT2D eigenvalue weighted by molar-refractivity contribution is 5.97. The number of amides is 1. The zero-order valence-electron chi connectivity index (χ0n) is 23.0. The third-order valence-electron chi connectivity index (χ3n) is 11.0. The van der Waals surface area contributed by atoms with Gasteiger partial charge < -0.3 is 19.1 Å². The van der Waals surface area contributed by atoms with Crippen LogP contribution >= 0.6 is 0 Å². The molecule has 1 aromatic carbocycles. The molecular formula is C31H36N4O4. The van der Waals surface area contributed by atoms with Gasteiger partial charge in [0.1, 0.15) is 11.7 Å². The van der Waals surface area contributed by atoms with Crippen LogP contribution in [-0.4, -0.2) is 78.0 Å². The van der Waals surface area contributed by atoms with Crippen molar-refractivity contribution in [2.75, 3.05) is 34.4 Å². The number of benzene rings is 1. The lowest BCUT2D eigenvalue weighted by atomic mass is 9.37. The first-order valence-electron chi connectivity index (χ1n) is 14.4. The molecule has 1 aromatic heterocycles. The second-order valence-corrected chi connectivity index (χ2v) is 12.6. The SMILES string of the molecule is COc1ccc2c3c1O[C@@H]1[C@]34CCN(CC3CC3)[C@H](C2)[C@@]42C=C(C(=O)N(C)Cc3cccnn3)[C@]1(OC)CC2. The monoisotopic (exact) mass is 528 g/mol. The first-order chi connectivity index (χ1) is 19.0. The second kappa shape index (κ2) is 8.04. The molecule has 9 rings (SSSR count). The number of aromatic nitrogens is 2. The third-order valence-corrected chi connectivity index (χ3v) is 11.0. The van der Waals surface area contributed by atoms with Crippen molar-refractivity contribution in [2.24, 2.45) is 11.3 Å². The predicted molar refractivity (Wildman–Crippen MR) is 143 cm³/mol. The van der Waals surface area contributed by atoms with Crippen molar-refractivity contribution in [3.63, 3.8) is 0 Å². The van der Waals surface area contributed by atoms with Gasteiger partial charge in [0.15, 0.2) is 11.5 Å². The first kappa shape index (κ1) is 23.9. The van der Waals surface area contributed by atoms with Crippen LogP contribution in [0.25, 0.3) is 0 Å². The maximum absolute atomic E-state index is 14.3. The van der Waals surface area contributed by atoms with Crippen LogP contribution in [0.15, 0.2) is 42.1 Å². The van der Waals surface area contributed by atoms with E-state index in [-0.39, 0.29) is 22.8 Å². The Morgan fingerprint density at radius 3 is 2.82 bits per heavy atom. The summed E-state index contributed by atoms with van der Waals surface area (Å²) in [6.07, 6.45) is 10.2. The van der Waals surface area contributed by atoms with E-state index in [0.717, 1.165) is 67.5 Å². The molecule has 0 N–H and O–H groups in total. The van der Waals surface area contributed by atoms with Crippen molar-refractivity contribution in [3.05, 3.63) is 58.9 Å². The highest BCUT2D eigenvalue weighted by atomic mass is 16.6. The summed E-state index contributed by atoms with van der Waals surface area (Å²) >= 11 is 0. The molecule has 8 heteroatoms. The van der Waals surface area contributed by atoms with E-state index in [1.54, 1.807) is 25.3 Å². The van der Waals surface area contributed by atoms with Crippen molar-refractivity contribution in [1.29, 1.82) is 0 Å². The average molecular weight is 529 g/mol. The summed E-state index contributed by atoms with van der Waals surface area (Å²) in [6, 6.07) is 8.43. The molecule has 1 amide bonds. The zero-order chi connectivity index (χ0) is 26.6. The van der Waals surface area contributed by atoms with Gasteiger partial charge in [-0.1, -0.05) is 12.1 Å². The van der Waals surface area contributed by atoms with Gasteiger partial charge in [-0.25, -0.2) is 0 Å². The van der Waals surface area contributed by atoms with E-state index in [0.29, 0.717) is 12.6 Å². The summed E-state index contributed by atoms with van der Waals surface area (Å²) in [4.78, 5) is 18.9. The summed E-state index contributed by atoms with van der Waals surface area (Å²) in [5, 5.41) is 8.22. The zero-order valence-corrected chi connectivity index (χ0v) is 23.0. The number of hydrogen-bond donors (Lipinski definition) is 0. The summed E-state index contributed by atoms with van der Waals surface area (Å²) in [6.45, 7) is 2.61. The van der Waals surface area contributed by atoms with Crippen molar-refractivity contribution in [1.82, 2.24) is 20.0 Å². The Morgan fingerprint density at radius 1 is 1.21 bits per heavy atom. The second-order valence-electron chi connectivity index (χ2n) is 12.6. The molecule has 1 saturated heterocycles. The third kappa shape index (κ3) is 2.89. The Morgan fingerprint density at radius 2 is 2.08 bits per heavy atom. The Balaban J connectivity index is 1.30. The number of nitrogens with zero attached hydrogens (tertiary/aromatic N) is 4. The van der Waals surface area contributed by atoms with E-state index >= 15 is 0 Å². The predicted octanol–water partition coefficient (Wildman–Crippen LogP) is 3.29.